The summed E-state index contributed by atoms with van der Waals surface area (Å²) in [5.74, 6) is 2.00. The van der Waals surface area contributed by atoms with E-state index in [0.29, 0.717) is 0 Å². The van der Waals surface area contributed by atoms with Gasteiger partial charge >= 0.3 is 0 Å². The fourth-order valence-corrected chi connectivity index (χ4v) is 1.59. The van der Waals surface area contributed by atoms with E-state index >= 15 is 0 Å². The molecule has 15 heavy (non-hydrogen) atoms. The molecule has 0 saturated heterocycles. The first-order chi connectivity index (χ1) is 6.95. The zero-order chi connectivity index (χ0) is 11.5. The third-order valence-corrected chi connectivity index (χ3v) is 2.83. The van der Waals surface area contributed by atoms with Crippen LogP contribution in [0.15, 0.2) is 16.5 Å². The predicted octanol–water partition coefficient (Wildman–Crippen LogP) is 2.02. The zero-order valence-corrected chi connectivity index (χ0v) is 10.4. The molecule has 0 aliphatic heterocycles. The summed E-state index contributed by atoms with van der Waals surface area (Å²) < 4.78 is 5.57. The Morgan fingerprint density at radius 3 is 2.53 bits per heavy atom. The first-order valence-corrected chi connectivity index (χ1v) is 5.37. The number of nitrogens with zero attached hydrogens (tertiary/aromatic N) is 1. The van der Waals surface area contributed by atoms with Crippen LogP contribution in [0.5, 0.6) is 0 Å². The SMILES string of the molecule is CNCC(C)(C)N(C)Cc1ccc(C)o1. The molecule has 0 bridgehead atoms. The second-order valence-electron chi connectivity index (χ2n) is 4.71. The monoisotopic (exact) mass is 210 g/mol. The fraction of sp³-hybridized carbons (Fsp3) is 0.667. The highest BCUT2D eigenvalue weighted by Gasteiger charge is 2.23. The lowest BCUT2D eigenvalue weighted by Crippen LogP contribution is -2.47. The van der Waals surface area contributed by atoms with E-state index in [-0.39, 0.29) is 5.54 Å². The van der Waals surface area contributed by atoms with Gasteiger partial charge in [-0.15, -0.1) is 0 Å². The first-order valence-electron chi connectivity index (χ1n) is 5.37. The van der Waals surface area contributed by atoms with Gasteiger partial charge in [0.15, 0.2) is 0 Å². The molecule has 0 unspecified atom stereocenters. The Morgan fingerprint density at radius 2 is 2.07 bits per heavy atom. The molecule has 0 radical (unpaired) electrons. The molecular weight excluding hydrogens is 188 g/mol. The Morgan fingerprint density at radius 1 is 1.40 bits per heavy atom. The van der Waals surface area contributed by atoms with Crippen LogP contribution in [0.4, 0.5) is 0 Å². The minimum atomic E-state index is 0.134. The van der Waals surface area contributed by atoms with Crippen LogP contribution in [0.25, 0.3) is 0 Å². The molecule has 1 aromatic rings. The predicted molar refractivity (Wildman–Crippen MR) is 62.9 cm³/mol. The summed E-state index contributed by atoms with van der Waals surface area (Å²) in [6, 6.07) is 4.05. The number of aryl methyl sites for hydroxylation is 1. The maximum Gasteiger partial charge on any atom is 0.118 e. The van der Waals surface area contributed by atoms with Crippen LogP contribution >= 0.6 is 0 Å². The number of nitrogens with one attached hydrogen (secondary N) is 1. The normalized spacial score (nSPS) is 12.4. The minimum absolute atomic E-state index is 0.134. The zero-order valence-electron chi connectivity index (χ0n) is 10.4. The standard InChI is InChI=1S/C12H22N2O/c1-10-6-7-11(15-10)8-14(5)12(2,3)9-13-4/h6-7,13H,8-9H2,1-5H3. The molecule has 0 aliphatic rings. The number of likely N-dealkylation sites (N-methyl/N-ethyl adjacent to an activating group) is 2. The van der Waals surface area contributed by atoms with Gasteiger partial charge in [0.2, 0.25) is 0 Å². The van der Waals surface area contributed by atoms with E-state index in [4.69, 9.17) is 4.42 Å². The Kier molecular flexibility index (Phi) is 3.94. The minimum Gasteiger partial charge on any atom is -0.465 e. The third kappa shape index (κ3) is 3.36. The molecule has 1 heterocycles. The van der Waals surface area contributed by atoms with Gasteiger partial charge in [0.25, 0.3) is 0 Å². The van der Waals surface area contributed by atoms with Gasteiger partial charge in [-0.25, -0.2) is 0 Å². The van der Waals surface area contributed by atoms with Gasteiger partial charge < -0.3 is 9.73 Å². The van der Waals surface area contributed by atoms with Crippen molar-refractivity contribution < 1.29 is 4.42 Å². The van der Waals surface area contributed by atoms with Gasteiger partial charge in [-0.05, 0) is 47.0 Å². The van der Waals surface area contributed by atoms with Gasteiger partial charge in [-0.1, -0.05) is 0 Å². The highest BCUT2D eigenvalue weighted by atomic mass is 16.3. The summed E-state index contributed by atoms with van der Waals surface area (Å²) in [7, 11) is 4.10. The van der Waals surface area contributed by atoms with Gasteiger partial charge in [0, 0.05) is 12.1 Å². The Hall–Kier alpha value is -0.800. The molecule has 3 heteroatoms. The van der Waals surface area contributed by atoms with Crippen LogP contribution in [0.2, 0.25) is 0 Å². The van der Waals surface area contributed by atoms with E-state index in [9.17, 15) is 0 Å². The highest BCUT2D eigenvalue weighted by Crippen LogP contribution is 2.16. The lowest BCUT2D eigenvalue weighted by molar-refractivity contribution is 0.136. The van der Waals surface area contributed by atoms with Crippen LogP contribution < -0.4 is 5.32 Å². The molecule has 0 atom stereocenters. The van der Waals surface area contributed by atoms with E-state index in [0.717, 1.165) is 24.6 Å². The topological polar surface area (TPSA) is 28.4 Å². The van der Waals surface area contributed by atoms with Crippen molar-refractivity contribution in [1.29, 1.82) is 0 Å². The van der Waals surface area contributed by atoms with Crippen molar-refractivity contribution in [1.82, 2.24) is 10.2 Å². The fourth-order valence-electron chi connectivity index (χ4n) is 1.59. The molecule has 86 valence electrons. The summed E-state index contributed by atoms with van der Waals surface area (Å²) in [6.45, 7) is 8.23. The van der Waals surface area contributed by atoms with Crippen LogP contribution in [0.1, 0.15) is 25.4 Å². The van der Waals surface area contributed by atoms with Crippen molar-refractivity contribution >= 4 is 0 Å². The first kappa shape index (κ1) is 12.3. The average Bonchev–Trinajstić information content (AvgIpc) is 2.51. The highest BCUT2D eigenvalue weighted by molar-refractivity contribution is 5.05. The average molecular weight is 210 g/mol. The maximum absolute atomic E-state index is 5.57. The summed E-state index contributed by atoms with van der Waals surface area (Å²) in [4.78, 5) is 2.29. The van der Waals surface area contributed by atoms with Crippen LogP contribution in [0.3, 0.4) is 0 Å². The summed E-state index contributed by atoms with van der Waals surface area (Å²) in [6.07, 6.45) is 0. The van der Waals surface area contributed by atoms with Gasteiger partial charge in [0.05, 0.1) is 6.54 Å². The Labute approximate surface area is 92.5 Å². The van der Waals surface area contributed by atoms with Crippen molar-refractivity contribution in [2.24, 2.45) is 0 Å². The molecule has 1 N–H and O–H groups in total. The maximum atomic E-state index is 5.57. The van der Waals surface area contributed by atoms with Gasteiger partial charge in [-0.2, -0.15) is 0 Å². The van der Waals surface area contributed by atoms with Crippen LogP contribution in [0, 0.1) is 6.92 Å². The van der Waals surface area contributed by atoms with Crippen LogP contribution in [-0.2, 0) is 6.54 Å². The molecule has 0 spiro atoms. The molecule has 0 saturated carbocycles. The summed E-state index contributed by atoms with van der Waals surface area (Å²) >= 11 is 0. The van der Waals surface area contributed by atoms with Crippen molar-refractivity contribution in [3.63, 3.8) is 0 Å². The van der Waals surface area contributed by atoms with Crippen molar-refractivity contribution in [3.8, 4) is 0 Å². The largest absolute Gasteiger partial charge is 0.465 e. The number of hydrogen-bond acceptors (Lipinski definition) is 3. The van der Waals surface area contributed by atoms with Gasteiger partial charge in [0.1, 0.15) is 11.5 Å². The Bertz CT molecular complexity index is 304. The second-order valence-corrected chi connectivity index (χ2v) is 4.71. The number of rotatable bonds is 5. The molecule has 3 nitrogen and oxygen atoms in total. The summed E-state index contributed by atoms with van der Waals surface area (Å²) in [5, 5.41) is 3.21. The van der Waals surface area contributed by atoms with E-state index in [2.05, 4.69) is 31.1 Å². The van der Waals surface area contributed by atoms with E-state index in [1.54, 1.807) is 0 Å². The van der Waals surface area contributed by atoms with Crippen molar-refractivity contribution in [2.75, 3.05) is 20.6 Å². The van der Waals surface area contributed by atoms with E-state index in [1.807, 2.05) is 26.1 Å². The summed E-state index contributed by atoms with van der Waals surface area (Å²) in [5.41, 5.74) is 0.134. The quantitative estimate of drug-likeness (QED) is 0.806. The van der Waals surface area contributed by atoms with E-state index < -0.39 is 0 Å². The smallest absolute Gasteiger partial charge is 0.118 e. The number of hydrogen-bond donors (Lipinski definition) is 1. The number of furan rings is 1. The molecule has 0 aliphatic carbocycles. The van der Waals surface area contributed by atoms with Gasteiger partial charge in [-0.3, -0.25) is 4.90 Å². The lowest BCUT2D eigenvalue weighted by Gasteiger charge is -2.34. The van der Waals surface area contributed by atoms with Crippen molar-refractivity contribution in [2.45, 2.75) is 32.9 Å². The molecule has 0 aromatic carbocycles. The third-order valence-electron chi connectivity index (χ3n) is 2.83. The Balaban J connectivity index is 2.58. The molecular formula is C12H22N2O. The second kappa shape index (κ2) is 4.81. The molecule has 1 rings (SSSR count). The van der Waals surface area contributed by atoms with Crippen molar-refractivity contribution in [3.05, 3.63) is 23.7 Å². The molecule has 0 amide bonds. The van der Waals surface area contributed by atoms with E-state index in [1.165, 1.54) is 0 Å². The van der Waals surface area contributed by atoms with Crippen LogP contribution in [-0.4, -0.2) is 31.1 Å². The lowest BCUT2D eigenvalue weighted by atomic mass is 10.0. The molecule has 1 aromatic heterocycles. The molecule has 0 fully saturated rings.